The molecule has 1 aromatic carbocycles. The van der Waals surface area contributed by atoms with E-state index in [-0.39, 0.29) is 24.3 Å². The molecule has 0 spiro atoms. The molecule has 0 fully saturated rings. The molecule has 30 heavy (non-hydrogen) atoms. The molecule has 2 rings (SSSR count). The number of ketones is 1. The third kappa shape index (κ3) is 4.29. The lowest BCUT2D eigenvalue weighted by atomic mass is 9.98. The number of rotatable bonds is 7. The molecule has 0 N–H and O–H groups in total. The molecule has 2 aromatic rings. The molecule has 0 saturated heterocycles. The first-order valence-electron chi connectivity index (χ1n) is 9.98. The number of nitrogens with zero attached hydrogens (tertiary/aromatic N) is 2. The molecule has 162 valence electrons. The van der Waals surface area contributed by atoms with Crippen LogP contribution in [0.15, 0.2) is 24.3 Å². The van der Waals surface area contributed by atoms with Gasteiger partial charge in [-0.1, -0.05) is 23.7 Å². The molecule has 1 aromatic heterocycles. The predicted octanol–water partition coefficient (Wildman–Crippen LogP) is 4.59. The van der Waals surface area contributed by atoms with E-state index in [4.69, 9.17) is 16.3 Å². The molecule has 0 aliphatic carbocycles. The van der Waals surface area contributed by atoms with Crippen molar-refractivity contribution in [3.05, 3.63) is 57.4 Å². The van der Waals surface area contributed by atoms with E-state index >= 15 is 0 Å². The molecule has 1 heterocycles. The van der Waals surface area contributed by atoms with E-state index in [9.17, 15) is 14.4 Å². The minimum absolute atomic E-state index is 0.231. The summed E-state index contributed by atoms with van der Waals surface area (Å²) >= 11 is 6.22. The van der Waals surface area contributed by atoms with Crippen LogP contribution in [0.4, 0.5) is 0 Å². The minimum atomic E-state index is -0.747. The number of esters is 1. The van der Waals surface area contributed by atoms with E-state index < -0.39 is 12.0 Å². The second-order valence-corrected chi connectivity index (χ2v) is 7.95. The Morgan fingerprint density at radius 1 is 1.13 bits per heavy atom. The van der Waals surface area contributed by atoms with E-state index in [0.29, 0.717) is 33.1 Å². The Bertz CT molecular complexity index is 978. The van der Waals surface area contributed by atoms with Gasteiger partial charge in [-0.15, -0.1) is 0 Å². The molecule has 0 radical (unpaired) electrons. The van der Waals surface area contributed by atoms with Crippen molar-refractivity contribution in [1.82, 2.24) is 9.47 Å². The van der Waals surface area contributed by atoms with Crippen LogP contribution < -0.4 is 0 Å². The lowest BCUT2D eigenvalue weighted by Gasteiger charge is -2.32. The lowest BCUT2D eigenvalue weighted by molar-refractivity contribution is 0.0513. The van der Waals surface area contributed by atoms with E-state index in [1.54, 1.807) is 63.6 Å². The van der Waals surface area contributed by atoms with Crippen LogP contribution in [-0.2, 0) is 11.8 Å². The topological polar surface area (TPSA) is 68.6 Å². The monoisotopic (exact) mass is 432 g/mol. The Labute approximate surface area is 182 Å². The van der Waals surface area contributed by atoms with E-state index in [1.165, 1.54) is 4.90 Å². The lowest BCUT2D eigenvalue weighted by Crippen LogP contribution is -2.47. The quantitative estimate of drug-likeness (QED) is 0.473. The SMILES string of the molecule is CCOC(=O)c1c(C)c(C(=O)C(C)N(C(=O)c2ccccc2Cl)C(C)C)c(C)n1C. The third-order valence-corrected chi connectivity index (χ3v) is 5.67. The number of aromatic nitrogens is 1. The highest BCUT2D eigenvalue weighted by Gasteiger charge is 2.34. The van der Waals surface area contributed by atoms with Crippen LogP contribution in [-0.4, -0.2) is 45.8 Å². The van der Waals surface area contributed by atoms with Gasteiger partial charge in [0.05, 0.1) is 23.2 Å². The van der Waals surface area contributed by atoms with Gasteiger partial charge in [0, 0.05) is 24.3 Å². The average Bonchev–Trinajstić information content (AvgIpc) is 2.90. The number of Topliss-reactive ketones (excluding diaryl/α,β-unsaturated/α-hetero) is 1. The second-order valence-electron chi connectivity index (χ2n) is 7.54. The first-order chi connectivity index (χ1) is 14.0. The summed E-state index contributed by atoms with van der Waals surface area (Å²) < 4.78 is 6.81. The van der Waals surface area contributed by atoms with E-state index in [2.05, 4.69) is 0 Å². The van der Waals surface area contributed by atoms with Crippen LogP contribution in [0.1, 0.15) is 70.2 Å². The molecule has 1 atom stereocenters. The van der Waals surface area contributed by atoms with Gasteiger partial charge in [-0.3, -0.25) is 9.59 Å². The van der Waals surface area contributed by atoms with Gasteiger partial charge < -0.3 is 14.2 Å². The number of hydrogen-bond donors (Lipinski definition) is 0. The fourth-order valence-corrected chi connectivity index (χ4v) is 4.01. The Kier molecular flexibility index (Phi) is 7.48. The summed E-state index contributed by atoms with van der Waals surface area (Å²) in [5, 5.41) is 0.337. The summed E-state index contributed by atoms with van der Waals surface area (Å²) in [6.45, 7) is 10.9. The summed E-state index contributed by atoms with van der Waals surface area (Å²) in [4.78, 5) is 40.6. The van der Waals surface area contributed by atoms with Crippen molar-refractivity contribution < 1.29 is 19.1 Å². The highest BCUT2D eigenvalue weighted by atomic mass is 35.5. The van der Waals surface area contributed by atoms with Gasteiger partial charge in [0.15, 0.2) is 5.78 Å². The smallest absolute Gasteiger partial charge is 0.355 e. The summed E-state index contributed by atoms with van der Waals surface area (Å²) in [5.74, 6) is -1.02. The maximum absolute atomic E-state index is 13.5. The third-order valence-electron chi connectivity index (χ3n) is 5.34. The Balaban J connectivity index is 2.49. The molecule has 0 saturated carbocycles. The normalized spacial score (nSPS) is 12.0. The van der Waals surface area contributed by atoms with Crippen LogP contribution in [0.5, 0.6) is 0 Å². The number of amides is 1. The molecule has 1 amide bonds. The largest absolute Gasteiger partial charge is 0.461 e. The summed E-state index contributed by atoms with van der Waals surface area (Å²) in [7, 11) is 1.73. The van der Waals surface area contributed by atoms with Crippen LogP contribution >= 0.6 is 11.6 Å². The molecule has 7 heteroatoms. The van der Waals surface area contributed by atoms with Crippen LogP contribution in [0.3, 0.4) is 0 Å². The van der Waals surface area contributed by atoms with Gasteiger partial charge in [0.1, 0.15) is 5.69 Å². The van der Waals surface area contributed by atoms with Crippen LogP contribution in [0, 0.1) is 13.8 Å². The number of carbonyl (C=O) groups is 3. The maximum atomic E-state index is 13.5. The zero-order valence-electron chi connectivity index (χ0n) is 18.6. The van der Waals surface area contributed by atoms with Crippen molar-refractivity contribution in [2.24, 2.45) is 7.05 Å². The number of carbonyl (C=O) groups excluding carboxylic acids is 3. The van der Waals surface area contributed by atoms with Crippen LogP contribution in [0.2, 0.25) is 5.02 Å². The van der Waals surface area contributed by atoms with Gasteiger partial charge in [0.2, 0.25) is 0 Å². The first-order valence-corrected chi connectivity index (χ1v) is 10.4. The molecule has 0 bridgehead atoms. The zero-order valence-corrected chi connectivity index (χ0v) is 19.3. The zero-order chi connectivity index (χ0) is 22.7. The van der Waals surface area contributed by atoms with Crippen molar-refractivity contribution in [1.29, 1.82) is 0 Å². The van der Waals surface area contributed by atoms with Gasteiger partial charge in [0.25, 0.3) is 5.91 Å². The molecular weight excluding hydrogens is 404 g/mol. The maximum Gasteiger partial charge on any atom is 0.355 e. The fourth-order valence-electron chi connectivity index (χ4n) is 3.80. The standard InChI is InChI=1S/C23H29ClN2O4/c1-8-30-23(29)20-14(4)19(15(5)25(20)7)21(27)16(6)26(13(2)3)22(28)17-11-9-10-12-18(17)24/h9-13,16H,8H2,1-7H3. The van der Waals surface area contributed by atoms with Crippen molar-refractivity contribution >= 4 is 29.3 Å². The summed E-state index contributed by atoms with van der Waals surface area (Å²) in [6.07, 6.45) is 0. The van der Waals surface area contributed by atoms with Crippen molar-refractivity contribution in [2.75, 3.05) is 6.61 Å². The Morgan fingerprint density at radius 2 is 1.73 bits per heavy atom. The van der Waals surface area contributed by atoms with Crippen molar-refractivity contribution in [3.63, 3.8) is 0 Å². The Morgan fingerprint density at radius 3 is 2.27 bits per heavy atom. The molecule has 0 aliphatic rings. The fraction of sp³-hybridized carbons (Fsp3) is 0.435. The van der Waals surface area contributed by atoms with Gasteiger partial charge >= 0.3 is 5.97 Å². The minimum Gasteiger partial charge on any atom is -0.461 e. The highest BCUT2D eigenvalue weighted by molar-refractivity contribution is 6.33. The summed E-state index contributed by atoms with van der Waals surface area (Å²) in [6, 6.07) is 5.80. The summed E-state index contributed by atoms with van der Waals surface area (Å²) in [5.41, 5.74) is 2.34. The molecular formula is C23H29ClN2O4. The van der Waals surface area contributed by atoms with Crippen LogP contribution in [0.25, 0.3) is 0 Å². The number of hydrogen-bond acceptors (Lipinski definition) is 4. The van der Waals surface area contributed by atoms with Gasteiger partial charge in [-0.25, -0.2) is 4.79 Å². The second kappa shape index (κ2) is 9.47. The molecule has 1 unspecified atom stereocenters. The van der Waals surface area contributed by atoms with Crippen molar-refractivity contribution in [3.8, 4) is 0 Å². The van der Waals surface area contributed by atoms with Crippen molar-refractivity contribution in [2.45, 2.75) is 53.6 Å². The number of ether oxygens (including phenoxy) is 1. The number of benzene rings is 1. The molecule has 0 aliphatic heterocycles. The average molecular weight is 433 g/mol. The number of halogens is 1. The van der Waals surface area contributed by atoms with Gasteiger partial charge in [-0.2, -0.15) is 0 Å². The van der Waals surface area contributed by atoms with E-state index in [0.717, 1.165) is 0 Å². The molecule has 6 nitrogen and oxygen atoms in total. The highest BCUT2D eigenvalue weighted by Crippen LogP contribution is 2.27. The first kappa shape index (κ1) is 23.7. The predicted molar refractivity (Wildman–Crippen MR) is 117 cm³/mol. The van der Waals surface area contributed by atoms with Gasteiger partial charge in [-0.05, 0) is 59.2 Å². The Hall–Kier alpha value is -2.60. The van der Waals surface area contributed by atoms with E-state index in [1.807, 2.05) is 13.8 Å².